The van der Waals surface area contributed by atoms with Crippen LogP contribution in [-0.2, 0) is 4.79 Å². The van der Waals surface area contributed by atoms with Crippen LogP contribution in [0.25, 0.3) is 6.08 Å². The molecule has 0 spiro atoms. The molecule has 0 radical (unpaired) electrons. The van der Waals surface area contributed by atoms with Gasteiger partial charge in [0.15, 0.2) is 5.78 Å². The smallest absolute Gasteiger partial charge is 0.162 e. The van der Waals surface area contributed by atoms with E-state index in [1.165, 1.54) is 0 Å². The fourth-order valence-electron chi connectivity index (χ4n) is 1.50. The number of rotatable bonds is 6. The molecule has 4 heteroatoms. The molecule has 0 aromatic heterocycles. The topological polar surface area (TPSA) is 29.1 Å². The van der Waals surface area contributed by atoms with E-state index in [9.17, 15) is 4.79 Å². The molecule has 1 rings (SSSR count). The molecule has 0 amide bonds. The largest absolute Gasteiger partial charge is 0.316 e. The highest BCUT2D eigenvalue weighted by Gasteiger charge is 2.24. The zero-order valence-corrected chi connectivity index (χ0v) is 14.0. The average Bonchev–Trinajstić information content (AvgIpc) is 2.35. The number of ketones is 1. The van der Waals surface area contributed by atoms with Gasteiger partial charge in [-0.25, -0.2) is 0 Å². The number of halogens is 2. The van der Waals surface area contributed by atoms with Crippen molar-refractivity contribution in [2.75, 3.05) is 13.1 Å². The lowest BCUT2D eigenvalue weighted by Gasteiger charge is -2.21. The minimum Gasteiger partial charge on any atom is -0.316 e. The molecule has 0 unspecified atom stereocenters. The van der Waals surface area contributed by atoms with Crippen LogP contribution in [0.1, 0.15) is 26.3 Å². The van der Waals surface area contributed by atoms with Crippen LogP contribution in [0.2, 0.25) is 5.02 Å². The molecule has 106 valence electrons. The highest BCUT2D eigenvalue weighted by Crippen LogP contribution is 2.17. The van der Waals surface area contributed by atoms with Crippen LogP contribution in [0.3, 0.4) is 0 Å². The van der Waals surface area contributed by atoms with E-state index in [1.807, 2.05) is 51.1 Å². The Balaban J connectivity index is 0.00000324. The molecule has 1 aromatic rings. The minimum atomic E-state index is -0.376. The van der Waals surface area contributed by atoms with Crippen molar-refractivity contribution in [1.82, 2.24) is 5.32 Å². The molecule has 0 aliphatic heterocycles. The molecule has 2 nitrogen and oxygen atoms in total. The molecule has 19 heavy (non-hydrogen) atoms. The van der Waals surface area contributed by atoms with E-state index < -0.39 is 0 Å². The summed E-state index contributed by atoms with van der Waals surface area (Å²) in [5.41, 5.74) is 0.603. The van der Waals surface area contributed by atoms with E-state index in [0.29, 0.717) is 11.6 Å². The van der Waals surface area contributed by atoms with Crippen LogP contribution in [0.15, 0.2) is 30.3 Å². The van der Waals surface area contributed by atoms with Gasteiger partial charge >= 0.3 is 0 Å². The van der Waals surface area contributed by atoms with E-state index in [0.717, 1.165) is 12.1 Å². The SMILES string of the molecule is Br.CCNCC(C)(C)C(=O)C=Cc1ccc(Cl)cc1. The Kier molecular flexibility index (Phi) is 8.23. The van der Waals surface area contributed by atoms with Gasteiger partial charge in [-0.3, -0.25) is 4.79 Å². The molecular formula is C15H21BrClNO. The Hall–Kier alpha value is -0.640. The van der Waals surface area contributed by atoms with Crippen LogP contribution >= 0.6 is 28.6 Å². The Morgan fingerprint density at radius 2 is 1.89 bits per heavy atom. The summed E-state index contributed by atoms with van der Waals surface area (Å²) in [6.45, 7) is 7.49. The number of allylic oxidation sites excluding steroid dienone is 1. The minimum absolute atomic E-state index is 0. The summed E-state index contributed by atoms with van der Waals surface area (Å²) in [5, 5.41) is 3.90. The zero-order chi connectivity index (χ0) is 13.6. The first-order valence-corrected chi connectivity index (χ1v) is 6.52. The van der Waals surface area contributed by atoms with Gasteiger partial charge in [-0.15, -0.1) is 17.0 Å². The quantitative estimate of drug-likeness (QED) is 0.785. The van der Waals surface area contributed by atoms with Crippen LogP contribution in [0.4, 0.5) is 0 Å². The Bertz CT molecular complexity index is 426. The van der Waals surface area contributed by atoms with Crippen LogP contribution < -0.4 is 5.32 Å². The molecule has 0 saturated carbocycles. The van der Waals surface area contributed by atoms with Gasteiger partial charge in [0.25, 0.3) is 0 Å². The van der Waals surface area contributed by atoms with Crippen molar-refractivity contribution in [1.29, 1.82) is 0 Å². The Morgan fingerprint density at radius 3 is 2.42 bits per heavy atom. The lowest BCUT2D eigenvalue weighted by atomic mass is 9.87. The summed E-state index contributed by atoms with van der Waals surface area (Å²) in [4.78, 5) is 12.1. The average molecular weight is 347 g/mol. The molecule has 0 bridgehead atoms. The van der Waals surface area contributed by atoms with Crippen molar-refractivity contribution in [2.24, 2.45) is 5.41 Å². The summed E-state index contributed by atoms with van der Waals surface area (Å²) in [7, 11) is 0. The molecule has 0 aliphatic carbocycles. The van der Waals surface area contributed by atoms with Crippen molar-refractivity contribution in [2.45, 2.75) is 20.8 Å². The van der Waals surface area contributed by atoms with Crippen molar-refractivity contribution in [3.8, 4) is 0 Å². The van der Waals surface area contributed by atoms with E-state index in [1.54, 1.807) is 6.08 Å². The summed E-state index contributed by atoms with van der Waals surface area (Å²) >= 11 is 5.80. The standard InChI is InChI=1S/C15H20ClNO.BrH/c1-4-17-11-15(2,3)14(18)10-7-12-5-8-13(16)9-6-12;/h5-10,17H,4,11H2,1-3H3;1H. The fraction of sp³-hybridized carbons (Fsp3) is 0.400. The van der Waals surface area contributed by atoms with E-state index >= 15 is 0 Å². The molecule has 1 N–H and O–H groups in total. The first-order valence-electron chi connectivity index (χ1n) is 6.14. The van der Waals surface area contributed by atoms with Gasteiger partial charge in [-0.2, -0.15) is 0 Å². The predicted octanol–water partition coefficient (Wildman–Crippen LogP) is 4.14. The number of hydrogen-bond donors (Lipinski definition) is 1. The first-order chi connectivity index (χ1) is 8.45. The molecule has 0 aliphatic rings. The van der Waals surface area contributed by atoms with Crippen LogP contribution in [-0.4, -0.2) is 18.9 Å². The third-order valence-electron chi connectivity index (χ3n) is 2.78. The predicted molar refractivity (Wildman–Crippen MR) is 88.1 cm³/mol. The highest BCUT2D eigenvalue weighted by molar-refractivity contribution is 8.93. The van der Waals surface area contributed by atoms with E-state index in [4.69, 9.17) is 11.6 Å². The maximum absolute atomic E-state index is 12.1. The van der Waals surface area contributed by atoms with Gasteiger partial charge in [0.05, 0.1) is 0 Å². The van der Waals surface area contributed by atoms with Gasteiger partial charge < -0.3 is 5.32 Å². The maximum Gasteiger partial charge on any atom is 0.162 e. The zero-order valence-electron chi connectivity index (χ0n) is 11.6. The molecule has 0 fully saturated rings. The van der Waals surface area contributed by atoms with Crippen LogP contribution in [0, 0.1) is 5.41 Å². The molecule has 0 saturated heterocycles. The lowest BCUT2D eigenvalue weighted by molar-refractivity contribution is -0.121. The molecule has 1 aromatic carbocycles. The number of benzene rings is 1. The Morgan fingerprint density at radius 1 is 1.32 bits per heavy atom. The van der Waals surface area contributed by atoms with Crippen molar-refractivity contribution >= 4 is 40.4 Å². The fourth-order valence-corrected chi connectivity index (χ4v) is 1.62. The normalized spacial score (nSPS) is 11.4. The second-order valence-electron chi connectivity index (χ2n) is 4.91. The second kappa shape index (κ2) is 8.51. The molecule has 0 atom stereocenters. The monoisotopic (exact) mass is 345 g/mol. The number of carbonyl (C=O) groups is 1. The number of nitrogens with one attached hydrogen (secondary N) is 1. The van der Waals surface area contributed by atoms with Crippen molar-refractivity contribution in [3.63, 3.8) is 0 Å². The summed E-state index contributed by atoms with van der Waals surface area (Å²) in [6.07, 6.45) is 3.47. The number of carbonyl (C=O) groups excluding carboxylic acids is 1. The molecular weight excluding hydrogens is 326 g/mol. The van der Waals surface area contributed by atoms with Gasteiger partial charge in [-0.1, -0.05) is 50.6 Å². The van der Waals surface area contributed by atoms with Gasteiger partial charge in [-0.05, 0) is 30.3 Å². The third-order valence-corrected chi connectivity index (χ3v) is 3.03. The summed E-state index contributed by atoms with van der Waals surface area (Å²) < 4.78 is 0. The summed E-state index contributed by atoms with van der Waals surface area (Å²) in [6, 6.07) is 7.41. The highest BCUT2D eigenvalue weighted by atomic mass is 79.9. The number of hydrogen-bond acceptors (Lipinski definition) is 2. The first kappa shape index (κ1) is 18.4. The van der Waals surface area contributed by atoms with E-state index in [2.05, 4.69) is 5.32 Å². The van der Waals surface area contributed by atoms with Crippen LogP contribution in [0.5, 0.6) is 0 Å². The molecule has 0 heterocycles. The maximum atomic E-state index is 12.1. The lowest BCUT2D eigenvalue weighted by Crippen LogP contribution is -2.35. The van der Waals surface area contributed by atoms with Crippen molar-refractivity contribution in [3.05, 3.63) is 40.9 Å². The van der Waals surface area contributed by atoms with Gasteiger partial charge in [0, 0.05) is 17.0 Å². The third kappa shape index (κ3) is 6.37. The van der Waals surface area contributed by atoms with Gasteiger partial charge in [0.1, 0.15) is 0 Å². The van der Waals surface area contributed by atoms with E-state index in [-0.39, 0.29) is 28.2 Å². The Labute approximate surface area is 131 Å². The second-order valence-corrected chi connectivity index (χ2v) is 5.35. The summed E-state index contributed by atoms with van der Waals surface area (Å²) in [5.74, 6) is 0.124. The van der Waals surface area contributed by atoms with Crippen molar-refractivity contribution < 1.29 is 4.79 Å². The van der Waals surface area contributed by atoms with Gasteiger partial charge in [0.2, 0.25) is 0 Å².